The molecule has 0 aliphatic rings. The Kier molecular flexibility index (Phi) is 10.4. The molecular formula is C18H30O5. The number of ketones is 1. The minimum Gasteiger partial charge on any atom is -0.457 e. The highest BCUT2D eigenvalue weighted by molar-refractivity contribution is 5.89. The van der Waals surface area contributed by atoms with E-state index in [1.54, 1.807) is 6.92 Å². The van der Waals surface area contributed by atoms with Crippen LogP contribution in [0.5, 0.6) is 0 Å². The van der Waals surface area contributed by atoms with Crippen molar-refractivity contribution < 1.29 is 23.8 Å². The van der Waals surface area contributed by atoms with Gasteiger partial charge in [0, 0.05) is 24.5 Å². The average molecular weight is 326 g/mol. The van der Waals surface area contributed by atoms with Crippen molar-refractivity contribution in [3.8, 4) is 0 Å². The Hall–Kier alpha value is -1.46. The fraction of sp³-hybridized carbons (Fsp3) is 0.667. The molecule has 2 atom stereocenters. The lowest BCUT2D eigenvalue weighted by Gasteiger charge is -2.25. The average Bonchev–Trinajstić information content (AvgIpc) is 2.46. The van der Waals surface area contributed by atoms with Gasteiger partial charge in [-0.3, -0.25) is 4.79 Å². The highest BCUT2D eigenvalue weighted by Gasteiger charge is 2.20. The fourth-order valence-electron chi connectivity index (χ4n) is 1.85. The Morgan fingerprint density at radius 1 is 1.04 bits per heavy atom. The molecule has 0 saturated heterocycles. The fourth-order valence-corrected chi connectivity index (χ4v) is 1.85. The third-order valence-corrected chi connectivity index (χ3v) is 3.00. The van der Waals surface area contributed by atoms with Gasteiger partial charge in [0.15, 0.2) is 5.78 Å². The van der Waals surface area contributed by atoms with Crippen molar-refractivity contribution in [2.24, 2.45) is 11.3 Å². The van der Waals surface area contributed by atoms with Crippen LogP contribution in [0.2, 0.25) is 0 Å². The Morgan fingerprint density at radius 3 is 2.13 bits per heavy atom. The van der Waals surface area contributed by atoms with Crippen LogP contribution in [0.3, 0.4) is 0 Å². The summed E-state index contributed by atoms with van der Waals surface area (Å²) in [5, 5.41) is 0. The lowest BCUT2D eigenvalue weighted by Crippen LogP contribution is -2.29. The van der Waals surface area contributed by atoms with Crippen LogP contribution in [0.4, 0.5) is 0 Å². The molecule has 0 radical (unpaired) electrons. The van der Waals surface area contributed by atoms with Crippen LogP contribution in [0.25, 0.3) is 0 Å². The molecule has 0 aliphatic carbocycles. The zero-order valence-electron chi connectivity index (χ0n) is 14.8. The molecule has 0 N–H and O–H groups in total. The number of carbonyl (C=O) groups is 2. The maximum atomic E-state index is 11.2. The number of hydrogen-bond acceptors (Lipinski definition) is 5. The molecule has 0 spiro atoms. The van der Waals surface area contributed by atoms with Crippen molar-refractivity contribution >= 4 is 11.8 Å². The Morgan fingerprint density at radius 2 is 1.61 bits per heavy atom. The smallest absolute Gasteiger partial charge is 0.330 e. The van der Waals surface area contributed by atoms with E-state index in [1.165, 1.54) is 6.08 Å². The lowest BCUT2D eigenvalue weighted by atomic mass is 9.96. The molecule has 5 nitrogen and oxygen atoms in total. The van der Waals surface area contributed by atoms with Gasteiger partial charge in [0.25, 0.3) is 0 Å². The van der Waals surface area contributed by atoms with Crippen molar-refractivity contribution in [2.75, 3.05) is 26.4 Å². The maximum Gasteiger partial charge on any atom is 0.330 e. The van der Waals surface area contributed by atoms with Crippen LogP contribution < -0.4 is 0 Å². The number of ether oxygens (including phenoxy) is 3. The van der Waals surface area contributed by atoms with Crippen LogP contribution in [0.1, 0.15) is 34.1 Å². The second-order valence-electron chi connectivity index (χ2n) is 6.63. The normalized spacial score (nSPS) is 13.9. The second kappa shape index (κ2) is 11.1. The zero-order chi connectivity index (χ0) is 17.9. The highest BCUT2D eigenvalue weighted by Crippen LogP contribution is 2.17. The van der Waals surface area contributed by atoms with E-state index in [4.69, 9.17) is 14.2 Å². The molecular weight excluding hydrogens is 296 g/mol. The number of carbonyl (C=O) groups excluding carboxylic acids is 2. The standard InChI is InChI=1S/C18H30O5/c1-7-16(19)9-14(3)10-21-12-18(5,6)13-22-11-15(4)23-17(20)8-2/h7-8,14-15H,1-2,9-13H2,3-6H3. The van der Waals surface area contributed by atoms with E-state index >= 15 is 0 Å². The van der Waals surface area contributed by atoms with Crippen LogP contribution in [-0.2, 0) is 23.8 Å². The Bertz CT molecular complexity index is 364. The van der Waals surface area contributed by atoms with E-state index in [2.05, 4.69) is 13.2 Å². The number of esters is 1. The first-order chi connectivity index (χ1) is 10.7. The van der Waals surface area contributed by atoms with Gasteiger partial charge in [0.1, 0.15) is 6.10 Å². The predicted octanol–water partition coefficient (Wildman–Crippen LogP) is 2.94. The number of hydrogen-bond donors (Lipinski definition) is 0. The van der Waals surface area contributed by atoms with Crippen molar-refractivity contribution in [1.29, 1.82) is 0 Å². The summed E-state index contributed by atoms with van der Waals surface area (Å²) in [7, 11) is 0. The van der Waals surface area contributed by atoms with E-state index in [0.717, 1.165) is 6.08 Å². The molecule has 0 saturated carbocycles. The van der Waals surface area contributed by atoms with Crippen molar-refractivity contribution in [3.05, 3.63) is 25.3 Å². The molecule has 0 aromatic heterocycles. The Balaban J connectivity index is 3.91. The Labute approximate surface area is 139 Å². The van der Waals surface area contributed by atoms with Gasteiger partial charge in [-0.25, -0.2) is 4.79 Å². The summed E-state index contributed by atoms with van der Waals surface area (Å²) in [6, 6.07) is 0. The van der Waals surface area contributed by atoms with Crippen molar-refractivity contribution in [1.82, 2.24) is 0 Å². The molecule has 0 fully saturated rings. The van der Waals surface area contributed by atoms with Crippen LogP contribution >= 0.6 is 0 Å². The minimum atomic E-state index is -0.452. The van der Waals surface area contributed by atoms with Crippen LogP contribution in [0.15, 0.2) is 25.3 Å². The molecule has 0 aromatic carbocycles. The van der Waals surface area contributed by atoms with Gasteiger partial charge in [0.2, 0.25) is 0 Å². The first-order valence-electron chi connectivity index (χ1n) is 7.84. The number of rotatable bonds is 13. The van der Waals surface area contributed by atoms with Gasteiger partial charge in [-0.05, 0) is 18.9 Å². The summed E-state index contributed by atoms with van der Waals surface area (Å²) in [6.45, 7) is 16.5. The van der Waals surface area contributed by atoms with Crippen LogP contribution in [0, 0.1) is 11.3 Å². The van der Waals surface area contributed by atoms with Gasteiger partial charge in [0.05, 0.1) is 19.8 Å². The molecule has 132 valence electrons. The van der Waals surface area contributed by atoms with E-state index in [0.29, 0.717) is 32.8 Å². The van der Waals surface area contributed by atoms with E-state index in [1.807, 2.05) is 20.8 Å². The summed E-state index contributed by atoms with van der Waals surface area (Å²) in [5.41, 5.74) is -0.162. The topological polar surface area (TPSA) is 61.8 Å². The van der Waals surface area contributed by atoms with E-state index < -0.39 is 5.97 Å². The SMILES string of the molecule is C=CC(=O)CC(C)COCC(C)(C)COCC(C)OC(=O)C=C. The molecule has 0 rings (SSSR count). The third-order valence-electron chi connectivity index (χ3n) is 3.00. The molecule has 0 heterocycles. The summed E-state index contributed by atoms with van der Waals surface area (Å²) in [6.07, 6.45) is 2.61. The summed E-state index contributed by atoms with van der Waals surface area (Å²) in [4.78, 5) is 22.3. The monoisotopic (exact) mass is 326 g/mol. The van der Waals surface area contributed by atoms with Gasteiger partial charge >= 0.3 is 5.97 Å². The van der Waals surface area contributed by atoms with Gasteiger partial charge < -0.3 is 14.2 Å². The predicted molar refractivity (Wildman–Crippen MR) is 90.2 cm³/mol. The van der Waals surface area contributed by atoms with Gasteiger partial charge in [-0.15, -0.1) is 0 Å². The van der Waals surface area contributed by atoms with Crippen LogP contribution in [-0.4, -0.2) is 44.3 Å². The van der Waals surface area contributed by atoms with E-state index in [-0.39, 0.29) is 23.2 Å². The van der Waals surface area contributed by atoms with Gasteiger partial charge in [-0.2, -0.15) is 0 Å². The van der Waals surface area contributed by atoms with E-state index in [9.17, 15) is 9.59 Å². The zero-order valence-corrected chi connectivity index (χ0v) is 14.8. The largest absolute Gasteiger partial charge is 0.457 e. The quantitative estimate of drug-likeness (QED) is 0.385. The molecule has 2 unspecified atom stereocenters. The molecule has 5 heteroatoms. The minimum absolute atomic E-state index is 0.0340. The van der Waals surface area contributed by atoms with Gasteiger partial charge in [-0.1, -0.05) is 33.9 Å². The van der Waals surface area contributed by atoms with Crippen molar-refractivity contribution in [2.45, 2.75) is 40.2 Å². The van der Waals surface area contributed by atoms with Crippen molar-refractivity contribution in [3.63, 3.8) is 0 Å². The number of allylic oxidation sites excluding steroid dienone is 1. The third kappa shape index (κ3) is 11.7. The molecule has 0 amide bonds. The second-order valence-corrected chi connectivity index (χ2v) is 6.63. The molecule has 0 aliphatic heterocycles. The summed E-state index contributed by atoms with van der Waals surface area (Å²) >= 11 is 0. The first kappa shape index (κ1) is 21.5. The first-order valence-corrected chi connectivity index (χ1v) is 7.84. The highest BCUT2D eigenvalue weighted by atomic mass is 16.6. The summed E-state index contributed by atoms with van der Waals surface area (Å²) < 4.78 is 16.3. The molecule has 0 bridgehead atoms. The summed E-state index contributed by atoms with van der Waals surface area (Å²) in [5.74, 6) is -0.255. The molecule has 0 aromatic rings. The lowest BCUT2D eigenvalue weighted by molar-refractivity contribution is -0.145. The molecule has 23 heavy (non-hydrogen) atoms. The maximum absolute atomic E-state index is 11.2.